The van der Waals surface area contributed by atoms with Crippen LogP contribution in [0, 0.1) is 0 Å². The van der Waals surface area contributed by atoms with Gasteiger partial charge in [0.25, 0.3) is 0 Å². The fourth-order valence-corrected chi connectivity index (χ4v) is 3.02. The molecular formula is C17H10BrClN2O3. The van der Waals surface area contributed by atoms with E-state index < -0.39 is 5.76 Å². The largest absolute Gasteiger partial charge is 0.444 e. The van der Waals surface area contributed by atoms with E-state index in [9.17, 15) is 4.79 Å². The van der Waals surface area contributed by atoms with Crippen molar-refractivity contribution in [2.45, 2.75) is 6.54 Å². The second kappa shape index (κ2) is 5.96. The van der Waals surface area contributed by atoms with Crippen LogP contribution in [0.1, 0.15) is 5.69 Å². The quantitative estimate of drug-likeness (QED) is 0.495. The highest BCUT2D eigenvalue weighted by Gasteiger charge is 2.13. The molecule has 0 saturated carbocycles. The van der Waals surface area contributed by atoms with Gasteiger partial charge in [-0.1, -0.05) is 33.6 Å². The number of aromatic nitrogens is 2. The van der Waals surface area contributed by atoms with Gasteiger partial charge in [0, 0.05) is 15.1 Å². The summed E-state index contributed by atoms with van der Waals surface area (Å²) in [6.45, 7) is 0.261. The van der Waals surface area contributed by atoms with E-state index in [4.69, 9.17) is 20.4 Å². The van der Waals surface area contributed by atoms with Crippen LogP contribution in [-0.4, -0.2) is 9.55 Å². The number of halogens is 2. The van der Waals surface area contributed by atoms with Gasteiger partial charge in [-0.3, -0.25) is 4.57 Å². The molecule has 0 atom stereocenters. The van der Waals surface area contributed by atoms with E-state index in [0.29, 0.717) is 27.7 Å². The van der Waals surface area contributed by atoms with Gasteiger partial charge in [-0.2, -0.15) is 0 Å². The highest BCUT2D eigenvalue weighted by atomic mass is 79.9. The summed E-state index contributed by atoms with van der Waals surface area (Å²) in [5.41, 5.74) is 2.63. The van der Waals surface area contributed by atoms with E-state index in [0.717, 1.165) is 10.0 Å². The number of hydrogen-bond acceptors (Lipinski definition) is 4. The van der Waals surface area contributed by atoms with E-state index >= 15 is 0 Å². The van der Waals surface area contributed by atoms with Gasteiger partial charge < -0.3 is 8.83 Å². The molecule has 120 valence electrons. The smallest absolute Gasteiger partial charge is 0.420 e. The van der Waals surface area contributed by atoms with Gasteiger partial charge in [-0.05, 0) is 36.4 Å². The van der Waals surface area contributed by atoms with Crippen LogP contribution in [0.3, 0.4) is 0 Å². The van der Waals surface area contributed by atoms with Crippen molar-refractivity contribution < 1.29 is 8.83 Å². The Balaban J connectivity index is 1.70. The molecule has 2 heterocycles. The molecule has 0 aliphatic rings. The molecule has 7 heteroatoms. The lowest BCUT2D eigenvalue weighted by Crippen LogP contribution is -2.15. The van der Waals surface area contributed by atoms with Gasteiger partial charge in [0.05, 0.1) is 17.8 Å². The third-order valence-electron chi connectivity index (χ3n) is 3.57. The van der Waals surface area contributed by atoms with Crippen LogP contribution in [0.2, 0.25) is 5.02 Å². The van der Waals surface area contributed by atoms with E-state index in [-0.39, 0.29) is 6.54 Å². The standard InChI is InChI=1S/C17H10BrClN2O3/c18-11-4-5-14-15(7-11)24-17(22)21(14)8-13-9-23-16(20-13)10-2-1-3-12(19)6-10/h1-7,9H,8H2. The van der Waals surface area contributed by atoms with Gasteiger partial charge >= 0.3 is 5.76 Å². The molecule has 2 aromatic carbocycles. The van der Waals surface area contributed by atoms with Crippen molar-refractivity contribution in [3.05, 3.63) is 74.5 Å². The van der Waals surface area contributed by atoms with E-state index in [1.807, 2.05) is 24.3 Å². The predicted octanol–water partition coefficient (Wildman–Crippen LogP) is 4.71. The second-order valence-corrected chi connectivity index (χ2v) is 6.57. The Hall–Kier alpha value is -2.31. The maximum Gasteiger partial charge on any atom is 0.420 e. The summed E-state index contributed by atoms with van der Waals surface area (Å²) in [4.78, 5) is 16.5. The minimum absolute atomic E-state index is 0.261. The Kier molecular flexibility index (Phi) is 3.78. The first kappa shape index (κ1) is 15.2. The Morgan fingerprint density at radius 1 is 1.21 bits per heavy atom. The van der Waals surface area contributed by atoms with Gasteiger partial charge in [0.15, 0.2) is 5.58 Å². The number of nitrogens with zero attached hydrogens (tertiary/aromatic N) is 2. The Bertz CT molecular complexity index is 1100. The molecule has 0 N–H and O–H groups in total. The molecule has 0 saturated heterocycles. The van der Waals surface area contributed by atoms with Crippen LogP contribution in [0.4, 0.5) is 0 Å². The summed E-state index contributed by atoms with van der Waals surface area (Å²) in [5, 5.41) is 0.606. The zero-order valence-corrected chi connectivity index (χ0v) is 14.5. The molecule has 0 unspecified atom stereocenters. The first-order valence-electron chi connectivity index (χ1n) is 7.09. The van der Waals surface area contributed by atoms with Crippen molar-refractivity contribution >= 4 is 38.6 Å². The molecule has 0 aliphatic heterocycles. The molecule has 24 heavy (non-hydrogen) atoms. The van der Waals surface area contributed by atoms with Crippen molar-refractivity contribution in [1.29, 1.82) is 0 Å². The lowest BCUT2D eigenvalue weighted by atomic mass is 10.2. The Morgan fingerprint density at radius 2 is 2.08 bits per heavy atom. The van der Waals surface area contributed by atoms with E-state index in [1.54, 1.807) is 18.2 Å². The first-order valence-corrected chi connectivity index (χ1v) is 8.26. The fraction of sp³-hybridized carbons (Fsp3) is 0.0588. The minimum Gasteiger partial charge on any atom is -0.444 e. The number of rotatable bonds is 3. The van der Waals surface area contributed by atoms with Crippen LogP contribution in [0.5, 0.6) is 0 Å². The minimum atomic E-state index is -0.435. The summed E-state index contributed by atoms with van der Waals surface area (Å²) in [7, 11) is 0. The van der Waals surface area contributed by atoms with E-state index in [2.05, 4.69) is 20.9 Å². The zero-order chi connectivity index (χ0) is 16.7. The molecule has 4 rings (SSSR count). The number of fused-ring (bicyclic) bond motifs is 1. The molecule has 0 bridgehead atoms. The third kappa shape index (κ3) is 2.79. The summed E-state index contributed by atoms with van der Waals surface area (Å²) >= 11 is 9.34. The lowest BCUT2D eigenvalue weighted by molar-refractivity contribution is 0.515. The molecule has 5 nitrogen and oxygen atoms in total. The molecule has 0 fully saturated rings. The molecule has 0 radical (unpaired) electrons. The van der Waals surface area contributed by atoms with Crippen LogP contribution in [-0.2, 0) is 6.54 Å². The van der Waals surface area contributed by atoms with Crippen LogP contribution in [0.25, 0.3) is 22.6 Å². The van der Waals surface area contributed by atoms with Crippen molar-refractivity contribution in [3.8, 4) is 11.5 Å². The molecule has 2 aromatic heterocycles. The average molecular weight is 406 g/mol. The Labute approximate surface area is 149 Å². The second-order valence-electron chi connectivity index (χ2n) is 5.22. The van der Waals surface area contributed by atoms with Gasteiger partial charge in [0.1, 0.15) is 6.26 Å². The maximum atomic E-state index is 12.1. The van der Waals surface area contributed by atoms with Gasteiger partial charge in [-0.25, -0.2) is 9.78 Å². The SMILES string of the molecule is O=c1oc2cc(Br)ccc2n1Cc1coc(-c2cccc(Cl)c2)n1. The molecule has 0 aliphatic carbocycles. The van der Waals surface area contributed by atoms with Crippen molar-refractivity contribution in [2.75, 3.05) is 0 Å². The summed E-state index contributed by atoms with van der Waals surface area (Å²) < 4.78 is 13.1. The topological polar surface area (TPSA) is 61.2 Å². The van der Waals surface area contributed by atoms with Crippen LogP contribution < -0.4 is 5.76 Å². The lowest BCUT2D eigenvalue weighted by Gasteiger charge is -1.98. The summed E-state index contributed by atoms with van der Waals surface area (Å²) in [5.74, 6) is 0.0199. The Morgan fingerprint density at radius 3 is 2.92 bits per heavy atom. The number of benzene rings is 2. The van der Waals surface area contributed by atoms with E-state index in [1.165, 1.54) is 10.8 Å². The monoisotopic (exact) mass is 404 g/mol. The molecule has 4 aromatic rings. The molecule has 0 spiro atoms. The number of hydrogen-bond donors (Lipinski definition) is 0. The van der Waals surface area contributed by atoms with Crippen molar-refractivity contribution in [3.63, 3.8) is 0 Å². The predicted molar refractivity (Wildman–Crippen MR) is 94.2 cm³/mol. The summed E-state index contributed by atoms with van der Waals surface area (Å²) in [6.07, 6.45) is 1.53. The maximum absolute atomic E-state index is 12.1. The number of oxazole rings is 2. The first-order chi connectivity index (χ1) is 11.6. The molecular weight excluding hydrogens is 396 g/mol. The van der Waals surface area contributed by atoms with Crippen LogP contribution in [0.15, 0.2) is 66.8 Å². The van der Waals surface area contributed by atoms with Crippen molar-refractivity contribution in [1.82, 2.24) is 9.55 Å². The fourth-order valence-electron chi connectivity index (χ4n) is 2.49. The highest BCUT2D eigenvalue weighted by molar-refractivity contribution is 9.10. The highest BCUT2D eigenvalue weighted by Crippen LogP contribution is 2.23. The normalized spacial score (nSPS) is 11.2. The average Bonchev–Trinajstić information content (AvgIpc) is 3.13. The molecule has 0 amide bonds. The zero-order valence-electron chi connectivity index (χ0n) is 12.2. The van der Waals surface area contributed by atoms with Crippen LogP contribution >= 0.6 is 27.5 Å². The van der Waals surface area contributed by atoms with Gasteiger partial charge in [-0.15, -0.1) is 0 Å². The summed E-state index contributed by atoms with van der Waals surface area (Å²) in [6, 6.07) is 12.7. The third-order valence-corrected chi connectivity index (χ3v) is 4.30. The van der Waals surface area contributed by atoms with Gasteiger partial charge in [0.2, 0.25) is 5.89 Å². The van der Waals surface area contributed by atoms with Crippen molar-refractivity contribution in [2.24, 2.45) is 0 Å².